The number of amides is 1. The van der Waals surface area contributed by atoms with Crippen LogP contribution in [-0.4, -0.2) is 16.8 Å². The summed E-state index contributed by atoms with van der Waals surface area (Å²) in [4.78, 5) is 36.6. The predicted octanol–water partition coefficient (Wildman–Crippen LogP) is 5.06. The molecule has 1 unspecified atom stereocenters. The lowest BCUT2D eigenvalue weighted by atomic mass is 10.1. The van der Waals surface area contributed by atoms with Crippen LogP contribution in [0.1, 0.15) is 38.7 Å². The molecule has 7 heteroatoms. The predicted molar refractivity (Wildman–Crippen MR) is 117 cm³/mol. The molecule has 0 aliphatic carbocycles. The largest absolute Gasteiger partial charge is 0.444 e. The Morgan fingerprint density at radius 3 is 2.35 bits per heavy atom. The van der Waals surface area contributed by atoms with Crippen LogP contribution in [-0.2, 0) is 9.53 Å². The first-order valence-corrected chi connectivity index (χ1v) is 9.66. The van der Waals surface area contributed by atoms with Crippen LogP contribution in [0, 0.1) is 30.9 Å². The lowest BCUT2D eigenvalue weighted by molar-refractivity contribution is -0.385. The highest BCUT2D eigenvalue weighted by atomic mass is 16.6. The molecule has 1 amide bonds. The van der Waals surface area contributed by atoms with E-state index < -0.39 is 22.9 Å². The van der Waals surface area contributed by atoms with E-state index in [2.05, 4.69) is 5.32 Å². The Hall–Kier alpha value is -4.00. The van der Waals surface area contributed by atoms with Gasteiger partial charge in [0.2, 0.25) is 6.10 Å². The third-order valence-electron chi connectivity index (χ3n) is 4.94. The Balaban J connectivity index is 1.93. The van der Waals surface area contributed by atoms with Crippen LogP contribution < -0.4 is 5.32 Å². The van der Waals surface area contributed by atoms with Crippen molar-refractivity contribution < 1.29 is 19.2 Å². The van der Waals surface area contributed by atoms with E-state index in [1.165, 1.54) is 25.1 Å². The van der Waals surface area contributed by atoms with Crippen molar-refractivity contribution in [1.29, 1.82) is 0 Å². The van der Waals surface area contributed by atoms with Crippen molar-refractivity contribution in [2.24, 2.45) is 0 Å². The Bertz CT molecular complexity index is 1140. The van der Waals surface area contributed by atoms with E-state index in [9.17, 15) is 19.7 Å². The average molecular weight is 418 g/mol. The van der Waals surface area contributed by atoms with Crippen molar-refractivity contribution in [3.05, 3.63) is 105 Å². The monoisotopic (exact) mass is 418 g/mol. The number of nitro benzene ring substituents is 1. The highest BCUT2D eigenvalue weighted by Crippen LogP contribution is 2.26. The van der Waals surface area contributed by atoms with Gasteiger partial charge in [-0.1, -0.05) is 48.5 Å². The summed E-state index contributed by atoms with van der Waals surface area (Å²) in [5, 5.41) is 14.0. The molecule has 0 bridgehead atoms. The summed E-state index contributed by atoms with van der Waals surface area (Å²) in [7, 11) is 0. The lowest BCUT2D eigenvalue weighted by Gasteiger charge is -2.19. The molecule has 0 aromatic heterocycles. The zero-order chi connectivity index (χ0) is 22.5. The number of carbonyl (C=O) groups is 2. The smallest absolute Gasteiger partial charge is 0.339 e. The maximum absolute atomic E-state index is 13.1. The van der Waals surface area contributed by atoms with Crippen LogP contribution in [0.5, 0.6) is 0 Å². The van der Waals surface area contributed by atoms with Gasteiger partial charge in [0.25, 0.3) is 11.6 Å². The van der Waals surface area contributed by atoms with E-state index in [0.717, 1.165) is 11.1 Å². The highest BCUT2D eigenvalue weighted by molar-refractivity contribution is 5.99. The fraction of sp³-hybridized carbons (Fsp3) is 0.167. The molecule has 0 aliphatic heterocycles. The second-order valence-corrected chi connectivity index (χ2v) is 7.21. The molecular weight excluding hydrogens is 396 g/mol. The molecule has 3 rings (SSSR count). The SMILES string of the molecule is Cc1ccc(C)c(NC(=O)C(OC(=O)c2cccc([N+](=O)[O-])c2C)c2ccccc2)c1. The molecule has 0 spiro atoms. The van der Waals surface area contributed by atoms with Gasteiger partial charge in [0.05, 0.1) is 10.5 Å². The van der Waals surface area contributed by atoms with Gasteiger partial charge in [-0.15, -0.1) is 0 Å². The Kier molecular flexibility index (Phi) is 6.45. The number of carbonyl (C=O) groups excluding carboxylic acids is 2. The van der Waals surface area contributed by atoms with E-state index in [4.69, 9.17) is 4.74 Å². The second kappa shape index (κ2) is 9.21. The topological polar surface area (TPSA) is 98.5 Å². The third kappa shape index (κ3) is 4.95. The number of benzene rings is 3. The molecule has 1 atom stereocenters. The van der Waals surface area contributed by atoms with E-state index in [-0.39, 0.29) is 16.8 Å². The fourth-order valence-corrected chi connectivity index (χ4v) is 3.18. The minimum absolute atomic E-state index is 0.0367. The minimum Gasteiger partial charge on any atom is -0.444 e. The highest BCUT2D eigenvalue weighted by Gasteiger charge is 2.28. The molecule has 3 aromatic rings. The average Bonchev–Trinajstić information content (AvgIpc) is 2.75. The lowest BCUT2D eigenvalue weighted by Crippen LogP contribution is -2.26. The van der Waals surface area contributed by atoms with Crippen LogP contribution >= 0.6 is 0 Å². The maximum Gasteiger partial charge on any atom is 0.339 e. The van der Waals surface area contributed by atoms with Crippen molar-refractivity contribution in [3.63, 3.8) is 0 Å². The molecule has 0 saturated heterocycles. The van der Waals surface area contributed by atoms with Gasteiger partial charge in [0.1, 0.15) is 0 Å². The van der Waals surface area contributed by atoms with E-state index in [0.29, 0.717) is 11.3 Å². The van der Waals surface area contributed by atoms with Crippen molar-refractivity contribution in [2.45, 2.75) is 26.9 Å². The van der Waals surface area contributed by atoms with E-state index in [1.54, 1.807) is 30.3 Å². The number of nitrogens with one attached hydrogen (secondary N) is 1. The van der Waals surface area contributed by atoms with Crippen LogP contribution in [0.4, 0.5) is 11.4 Å². The van der Waals surface area contributed by atoms with Gasteiger partial charge in [0, 0.05) is 22.9 Å². The molecule has 0 radical (unpaired) electrons. The number of ether oxygens (including phenoxy) is 1. The summed E-state index contributed by atoms with van der Waals surface area (Å²) < 4.78 is 5.57. The number of nitrogens with zero attached hydrogens (tertiary/aromatic N) is 1. The standard InChI is InChI=1S/C24H22N2O5/c1-15-12-13-16(2)20(14-15)25-23(27)22(18-8-5-4-6-9-18)31-24(28)19-10-7-11-21(17(19)3)26(29)30/h4-14,22H,1-3H3,(H,25,27). The van der Waals surface area contributed by atoms with Gasteiger partial charge >= 0.3 is 5.97 Å². The van der Waals surface area contributed by atoms with Crippen LogP contribution in [0.15, 0.2) is 66.7 Å². The summed E-state index contributed by atoms with van der Waals surface area (Å²) in [5.74, 6) is -1.33. The molecule has 158 valence electrons. The van der Waals surface area contributed by atoms with E-state index >= 15 is 0 Å². The molecule has 0 heterocycles. The molecule has 0 aliphatic rings. The van der Waals surface area contributed by atoms with Crippen molar-refractivity contribution >= 4 is 23.3 Å². The first kappa shape index (κ1) is 21.7. The maximum atomic E-state index is 13.1. The first-order valence-electron chi connectivity index (χ1n) is 9.66. The zero-order valence-corrected chi connectivity index (χ0v) is 17.4. The summed E-state index contributed by atoms with van der Waals surface area (Å²) in [6.45, 7) is 5.25. The summed E-state index contributed by atoms with van der Waals surface area (Å²) in [6.07, 6.45) is -1.23. The van der Waals surface area contributed by atoms with Crippen LogP contribution in [0.25, 0.3) is 0 Å². The number of rotatable bonds is 6. The Morgan fingerprint density at radius 1 is 0.968 bits per heavy atom. The van der Waals surface area contributed by atoms with Crippen LogP contribution in [0.2, 0.25) is 0 Å². The molecule has 31 heavy (non-hydrogen) atoms. The van der Waals surface area contributed by atoms with Gasteiger partial charge in [-0.3, -0.25) is 14.9 Å². The van der Waals surface area contributed by atoms with Crippen molar-refractivity contribution in [3.8, 4) is 0 Å². The quantitative estimate of drug-likeness (QED) is 0.343. The molecular formula is C24H22N2O5. The van der Waals surface area contributed by atoms with Gasteiger partial charge in [-0.2, -0.15) is 0 Å². The van der Waals surface area contributed by atoms with Gasteiger partial charge in [0.15, 0.2) is 0 Å². The van der Waals surface area contributed by atoms with Crippen LogP contribution in [0.3, 0.4) is 0 Å². The number of anilines is 1. The van der Waals surface area contributed by atoms with Crippen molar-refractivity contribution in [2.75, 3.05) is 5.32 Å². The molecule has 3 aromatic carbocycles. The third-order valence-corrected chi connectivity index (χ3v) is 4.94. The summed E-state index contributed by atoms with van der Waals surface area (Å²) >= 11 is 0. The van der Waals surface area contributed by atoms with Gasteiger partial charge < -0.3 is 10.1 Å². The summed E-state index contributed by atoms with van der Waals surface area (Å²) in [5.41, 5.74) is 2.97. The number of hydrogen-bond donors (Lipinski definition) is 1. The molecule has 0 fully saturated rings. The number of aryl methyl sites for hydroxylation is 2. The molecule has 7 nitrogen and oxygen atoms in total. The second-order valence-electron chi connectivity index (χ2n) is 7.21. The number of nitro groups is 1. The Labute approximate surface area is 179 Å². The van der Waals surface area contributed by atoms with E-state index in [1.807, 2.05) is 32.0 Å². The summed E-state index contributed by atoms with van der Waals surface area (Å²) in [6, 6.07) is 18.4. The minimum atomic E-state index is -1.23. The zero-order valence-electron chi connectivity index (χ0n) is 17.4. The Morgan fingerprint density at radius 2 is 1.68 bits per heavy atom. The molecule has 0 saturated carbocycles. The van der Waals surface area contributed by atoms with Crippen molar-refractivity contribution in [1.82, 2.24) is 0 Å². The van der Waals surface area contributed by atoms with Gasteiger partial charge in [-0.05, 0) is 44.0 Å². The number of esters is 1. The number of hydrogen-bond acceptors (Lipinski definition) is 5. The normalized spacial score (nSPS) is 11.5. The van der Waals surface area contributed by atoms with Gasteiger partial charge in [-0.25, -0.2) is 4.79 Å². The first-order chi connectivity index (χ1) is 14.8. The molecule has 1 N–H and O–H groups in total. The fourth-order valence-electron chi connectivity index (χ4n) is 3.18.